The zero-order valence-corrected chi connectivity index (χ0v) is 9.93. The van der Waals surface area contributed by atoms with E-state index in [0.717, 1.165) is 6.42 Å². The number of likely N-dealkylation sites (N-methyl/N-ethyl adjacent to an activating group) is 1. The lowest BCUT2D eigenvalue weighted by Gasteiger charge is -2.34. The molecule has 3 rings (SSSR count). The van der Waals surface area contributed by atoms with Crippen LogP contribution in [-0.2, 0) is 12.1 Å². The van der Waals surface area contributed by atoms with Gasteiger partial charge in [0.15, 0.2) is 0 Å². The van der Waals surface area contributed by atoms with Crippen LogP contribution in [0.2, 0.25) is 0 Å². The predicted molar refractivity (Wildman–Crippen MR) is 70.9 cm³/mol. The largest absolute Gasteiger partial charge is 0.352 e. The molecule has 1 aliphatic rings. The Morgan fingerprint density at radius 2 is 1.65 bits per heavy atom. The third-order valence-electron chi connectivity index (χ3n) is 3.69. The van der Waals surface area contributed by atoms with Gasteiger partial charge in [0.25, 0.3) is 0 Å². The third kappa shape index (κ3) is 1.45. The fraction of sp³-hybridized carbons (Fsp3) is 0.200. The van der Waals surface area contributed by atoms with E-state index in [1.807, 2.05) is 18.2 Å². The first-order chi connectivity index (χ1) is 8.22. The second kappa shape index (κ2) is 3.60. The van der Waals surface area contributed by atoms with Crippen molar-refractivity contribution in [3.8, 4) is 0 Å². The van der Waals surface area contributed by atoms with Crippen LogP contribution < -0.4 is 10.6 Å². The molecular weight excluding hydrogens is 208 g/mol. The number of fused-ring (bicyclic) bond motifs is 1. The van der Waals surface area contributed by atoms with Gasteiger partial charge in [-0.05, 0) is 17.2 Å². The molecule has 17 heavy (non-hydrogen) atoms. The van der Waals surface area contributed by atoms with Gasteiger partial charge < -0.3 is 10.6 Å². The minimum Gasteiger partial charge on any atom is -0.352 e. The molecule has 0 amide bonds. The van der Waals surface area contributed by atoms with Gasteiger partial charge >= 0.3 is 0 Å². The van der Waals surface area contributed by atoms with Gasteiger partial charge in [0, 0.05) is 19.2 Å². The van der Waals surface area contributed by atoms with Gasteiger partial charge in [0.1, 0.15) is 5.66 Å². The average Bonchev–Trinajstić information content (AvgIpc) is 2.65. The molecule has 1 aliphatic heterocycles. The number of rotatable bonds is 1. The lowest BCUT2D eigenvalue weighted by atomic mass is 9.96. The highest BCUT2D eigenvalue weighted by Gasteiger charge is 2.39. The molecular formula is C15H16N2. The van der Waals surface area contributed by atoms with Gasteiger partial charge in [-0.1, -0.05) is 48.5 Å². The van der Waals surface area contributed by atoms with Crippen molar-refractivity contribution in [2.45, 2.75) is 12.1 Å². The first kappa shape index (κ1) is 10.4. The zero-order valence-electron chi connectivity index (χ0n) is 9.93. The van der Waals surface area contributed by atoms with Crippen molar-refractivity contribution in [2.24, 2.45) is 5.73 Å². The highest BCUT2D eigenvalue weighted by molar-refractivity contribution is 5.62. The highest BCUT2D eigenvalue weighted by Crippen LogP contribution is 2.40. The van der Waals surface area contributed by atoms with E-state index < -0.39 is 5.66 Å². The molecule has 0 spiro atoms. The Labute approximate surface area is 102 Å². The van der Waals surface area contributed by atoms with Crippen molar-refractivity contribution < 1.29 is 0 Å². The van der Waals surface area contributed by atoms with Crippen LogP contribution in [0.4, 0.5) is 5.69 Å². The Bertz CT molecular complexity index is 536. The van der Waals surface area contributed by atoms with Gasteiger partial charge in [-0.2, -0.15) is 0 Å². The highest BCUT2D eigenvalue weighted by atomic mass is 15.3. The van der Waals surface area contributed by atoms with Crippen LogP contribution >= 0.6 is 0 Å². The quantitative estimate of drug-likeness (QED) is 0.806. The molecule has 86 valence electrons. The van der Waals surface area contributed by atoms with E-state index >= 15 is 0 Å². The molecule has 2 aromatic rings. The van der Waals surface area contributed by atoms with Crippen LogP contribution in [-0.4, -0.2) is 7.05 Å². The average molecular weight is 224 g/mol. The molecule has 0 fully saturated rings. The summed E-state index contributed by atoms with van der Waals surface area (Å²) in [7, 11) is 2.07. The summed E-state index contributed by atoms with van der Waals surface area (Å²) in [5.41, 5.74) is 9.91. The summed E-state index contributed by atoms with van der Waals surface area (Å²) in [4.78, 5) is 2.18. The van der Waals surface area contributed by atoms with E-state index in [-0.39, 0.29) is 0 Å². The minimum absolute atomic E-state index is 0.412. The van der Waals surface area contributed by atoms with Crippen LogP contribution in [0.15, 0.2) is 54.6 Å². The molecule has 2 N–H and O–H groups in total. The number of para-hydroxylation sites is 1. The summed E-state index contributed by atoms with van der Waals surface area (Å²) in [5.74, 6) is 0. The topological polar surface area (TPSA) is 29.3 Å². The second-order valence-electron chi connectivity index (χ2n) is 4.65. The molecule has 2 heteroatoms. The number of hydrogen-bond acceptors (Lipinski definition) is 2. The van der Waals surface area contributed by atoms with Gasteiger partial charge in [0.2, 0.25) is 0 Å². The Balaban J connectivity index is 2.09. The Kier molecular flexibility index (Phi) is 2.20. The predicted octanol–water partition coefficient (Wildman–Crippen LogP) is 2.49. The fourth-order valence-electron chi connectivity index (χ4n) is 2.63. The van der Waals surface area contributed by atoms with Crippen molar-refractivity contribution in [2.75, 3.05) is 11.9 Å². The standard InChI is InChI=1S/C15H16N2/c1-17-14-10-6-5-7-12(14)11-15(17,16)13-8-3-2-4-9-13/h2-10H,11,16H2,1H3. The monoisotopic (exact) mass is 224 g/mol. The molecule has 0 saturated carbocycles. The third-order valence-corrected chi connectivity index (χ3v) is 3.69. The van der Waals surface area contributed by atoms with Crippen LogP contribution in [0.3, 0.4) is 0 Å². The van der Waals surface area contributed by atoms with Gasteiger partial charge in [0.05, 0.1) is 0 Å². The summed E-state index contributed by atoms with van der Waals surface area (Å²) < 4.78 is 0. The van der Waals surface area contributed by atoms with Crippen LogP contribution in [0.1, 0.15) is 11.1 Å². The van der Waals surface area contributed by atoms with Gasteiger partial charge in [-0.3, -0.25) is 0 Å². The lowest BCUT2D eigenvalue weighted by molar-refractivity contribution is 0.462. The Morgan fingerprint density at radius 3 is 2.35 bits per heavy atom. The fourth-order valence-corrected chi connectivity index (χ4v) is 2.63. The SMILES string of the molecule is CN1c2ccccc2CC1(N)c1ccccc1. The molecule has 0 bridgehead atoms. The van der Waals surface area contributed by atoms with Crippen molar-refractivity contribution in [1.29, 1.82) is 0 Å². The molecule has 0 radical (unpaired) electrons. The first-order valence-electron chi connectivity index (χ1n) is 5.88. The van der Waals surface area contributed by atoms with Crippen LogP contribution in [0.5, 0.6) is 0 Å². The zero-order chi connectivity index (χ0) is 11.9. The summed E-state index contributed by atoms with van der Waals surface area (Å²) in [6, 6.07) is 18.7. The Morgan fingerprint density at radius 1 is 1.00 bits per heavy atom. The van der Waals surface area contributed by atoms with E-state index in [4.69, 9.17) is 5.73 Å². The molecule has 1 unspecified atom stereocenters. The second-order valence-corrected chi connectivity index (χ2v) is 4.65. The summed E-state index contributed by atoms with van der Waals surface area (Å²) >= 11 is 0. The number of anilines is 1. The maximum Gasteiger partial charge on any atom is 0.118 e. The van der Waals surface area contributed by atoms with E-state index in [1.54, 1.807) is 0 Å². The number of nitrogens with zero attached hydrogens (tertiary/aromatic N) is 1. The van der Waals surface area contributed by atoms with E-state index in [0.29, 0.717) is 0 Å². The van der Waals surface area contributed by atoms with Crippen molar-refractivity contribution in [3.63, 3.8) is 0 Å². The van der Waals surface area contributed by atoms with Crippen LogP contribution in [0, 0.1) is 0 Å². The van der Waals surface area contributed by atoms with E-state index in [2.05, 4.69) is 48.3 Å². The molecule has 2 nitrogen and oxygen atoms in total. The molecule has 0 saturated heterocycles. The number of benzene rings is 2. The van der Waals surface area contributed by atoms with Crippen LogP contribution in [0.25, 0.3) is 0 Å². The molecule has 2 aromatic carbocycles. The van der Waals surface area contributed by atoms with Crippen molar-refractivity contribution in [1.82, 2.24) is 0 Å². The Hall–Kier alpha value is -1.80. The van der Waals surface area contributed by atoms with Crippen molar-refractivity contribution >= 4 is 5.69 Å². The molecule has 1 atom stereocenters. The molecule has 0 aromatic heterocycles. The minimum atomic E-state index is -0.412. The lowest BCUT2D eigenvalue weighted by Crippen LogP contribution is -2.49. The van der Waals surface area contributed by atoms with E-state index in [1.165, 1.54) is 16.8 Å². The maximum atomic E-state index is 6.60. The number of nitrogens with two attached hydrogens (primary N) is 1. The van der Waals surface area contributed by atoms with Gasteiger partial charge in [-0.25, -0.2) is 0 Å². The summed E-state index contributed by atoms with van der Waals surface area (Å²) in [6.07, 6.45) is 0.865. The normalized spacial score (nSPS) is 22.6. The maximum absolute atomic E-state index is 6.60. The number of hydrogen-bond donors (Lipinski definition) is 1. The molecule has 0 aliphatic carbocycles. The van der Waals surface area contributed by atoms with E-state index in [9.17, 15) is 0 Å². The molecule has 1 heterocycles. The van der Waals surface area contributed by atoms with Crippen molar-refractivity contribution in [3.05, 3.63) is 65.7 Å². The summed E-state index contributed by atoms with van der Waals surface area (Å²) in [6.45, 7) is 0. The first-order valence-corrected chi connectivity index (χ1v) is 5.88. The van der Waals surface area contributed by atoms with Gasteiger partial charge in [-0.15, -0.1) is 0 Å². The summed E-state index contributed by atoms with van der Waals surface area (Å²) in [5, 5.41) is 0. The smallest absolute Gasteiger partial charge is 0.118 e.